The van der Waals surface area contributed by atoms with Gasteiger partial charge in [-0.3, -0.25) is 4.98 Å². The van der Waals surface area contributed by atoms with Crippen molar-refractivity contribution in [2.45, 2.75) is 0 Å². The minimum Gasteiger partial charge on any atom is -0.265 e. The van der Waals surface area contributed by atoms with E-state index < -0.39 is 0 Å². The van der Waals surface area contributed by atoms with Gasteiger partial charge < -0.3 is 0 Å². The van der Waals surface area contributed by atoms with Crippen LogP contribution < -0.4 is 0 Å². The van der Waals surface area contributed by atoms with Crippen molar-refractivity contribution in [2.75, 3.05) is 0 Å². The Morgan fingerprint density at radius 3 is 1.68 bits per heavy atom. The van der Waals surface area contributed by atoms with Crippen LogP contribution in [-0.4, -0.2) is 15.0 Å². The highest BCUT2D eigenvalue weighted by Gasteiger charge is 2.18. The Hall–Kier alpha value is -7.49. The van der Waals surface area contributed by atoms with Gasteiger partial charge in [0.25, 0.3) is 0 Å². The first-order valence-electron chi connectivity index (χ1n) is 19.0. The van der Waals surface area contributed by atoms with Gasteiger partial charge in [0.05, 0.1) is 11.4 Å². The van der Waals surface area contributed by atoms with Crippen LogP contribution in [0, 0.1) is 0 Å². The SMILES string of the molecule is c1ccc(-c2cc(-c3ccccc3-c3ccncc3)nc(-c3cccc(-c4ccc5ccc6c(-c7cccc8ccccc78)ccc7ccc4c5c76)c3)n2)cc1. The number of hydrogen-bond acceptors (Lipinski definition) is 3. The lowest BCUT2D eigenvalue weighted by molar-refractivity contribution is 1.18. The molecule has 11 aromatic rings. The van der Waals surface area contributed by atoms with Crippen molar-refractivity contribution in [1.82, 2.24) is 15.0 Å². The molecule has 3 nitrogen and oxygen atoms in total. The van der Waals surface area contributed by atoms with Crippen LogP contribution in [-0.2, 0) is 0 Å². The summed E-state index contributed by atoms with van der Waals surface area (Å²) in [6, 6.07) is 67.3. The number of benzene rings is 9. The minimum atomic E-state index is 0.685. The Labute approximate surface area is 324 Å². The normalized spacial score (nSPS) is 11.6. The molecule has 0 aliphatic heterocycles. The molecule has 11 rings (SSSR count). The third kappa shape index (κ3) is 5.32. The Kier molecular flexibility index (Phi) is 7.49. The molecule has 3 heteroatoms. The predicted octanol–water partition coefficient (Wildman–Crippen LogP) is 13.9. The second kappa shape index (κ2) is 13.1. The van der Waals surface area contributed by atoms with Crippen molar-refractivity contribution in [3.8, 4) is 67.3 Å². The number of hydrogen-bond donors (Lipinski definition) is 0. The molecule has 260 valence electrons. The Bertz CT molecular complexity index is 3240. The van der Waals surface area contributed by atoms with Gasteiger partial charge in [-0.2, -0.15) is 0 Å². The van der Waals surface area contributed by atoms with Crippen molar-refractivity contribution >= 4 is 43.1 Å². The van der Waals surface area contributed by atoms with Gasteiger partial charge in [-0.1, -0.05) is 164 Å². The van der Waals surface area contributed by atoms with Crippen LogP contribution in [0.5, 0.6) is 0 Å². The van der Waals surface area contributed by atoms with E-state index in [1.54, 1.807) is 0 Å². The van der Waals surface area contributed by atoms with E-state index in [1.165, 1.54) is 59.8 Å². The average molecular weight is 712 g/mol. The maximum absolute atomic E-state index is 5.28. The lowest BCUT2D eigenvalue weighted by Crippen LogP contribution is -1.97. The Morgan fingerprint density at radius 2 is 0.857 bits per heavy atom. The van der Waals surface area contributed by atoms with Gasteiger partial charge in [-0.15, -0.1) is 0 Å². The molecule has 0 N–H and O–H groups in total. The lowest BCUT2D eigenvalue weighted by Gasteiger charge is -2.17. The fourth-order valence-corrected chi connectivity index (χ4v) is 8.53. The molecule has 0 spiro atoms. The van der Waals surface area contributed by atoms with E-state index in [-0.39, 0.29) is 0 Å². The van der Waals surface area contributed by atoms with E-state index in [0.29, 0.717) is 5.82 Å². The van der Waals surface area contributed by atoms with E-state index in [0.717, 1.165) is 44.8 Å². The van der Waals surface area contributed by atoms with Crippen molar-refractivity contribution in [1.29, 1.82) is 0 Å². The maximum atomic E-state index is 5.28. The van der Waals surface area contributed by atoms with Gasteiger partial charge >= 0.3 is 0 Å². The zero-order chi connectivity index (χ0) is 37.0. The summed E-state index contributed by atoms with van der Waals surface area (Å²) in [6.07, 6.45) is 3.67. The highest BCUT2D eigenvalue weighted by Crippen LogP contribution is 2.44. The molecule has 0 unspecified atom stereocenters. The summed E-state index contributed by atoms with van der Waals surface area (Å²) in [7, 11) is 0. The third-order valence-electron chi connectivity index (χ3n) is 11.2. The van der Waals surface area contributed by atoms with Crippen LogP contribution in [0.25, 0.3) is 110 Å². The van der Waals surface area contributed by atoms with Crippen LogP contribution >= 0.6 is 0 Å². The van der Waals surface area contributed by atoms with Crippen molar-refractivity contribution in [3.63, 3.8) is 0 Å². The monoisotopic (exact) mass is 711 g/mol. The fourth-order valence-electron chi connectivity index (χ4n) is 8.53. The van der Waals surface area contributed by atoms with Crippen molar-refractivity contribution in [2.24, 2.45) is 0 Å². The molecule has 0 saturated heterocycles. The van der Waals surface area contributed by atoms with E-state index in [2.05, 4.69) is 175 Å². The maximum Gasteiger partial charge on any atom is 0.160 e. The molecule has 0 bridgehead atoms. The zero-order valence-corrected chi connectivity index (χ0v) is 30.4. The lowest BCUT2D eigenvalue weighted by atomic mass is 9.86. The molecule has 9 aromatic carbocycles. The van der Waals surface area contributed by atoms with Gasteiger partial charge in [0.2, 0.25) is 0 Å². The summed E-state index contributed by atoms with van der Waals surface area (Å²) in [5.41, 5.74) is 11.8. The average Bonchev–Trinajstić information content (AvgIpc) is 3.28. The first-order valence-corrected chi connectivity index (χ1v) is 19.0. The topological polar surface area (TPSA) is 38.7 Å². The largest absolute Gasteiger partial charge is 0.265 e. The molecular weight excluding hydrogens is 679 g/mol. The number of pyridine rings is 1. The highest BCUT2D eigenvalue weighted by molar-refractivity contribution is 6.28. The molecular formula is C53H33N3. The summed E-state index contributed by atoms with van der Waals surface area (Å²) >= 11 is 0. The number of rotatable bonds is 6. The third-order valence-corrected chi connectivity index (χ3v) is 11.2. The molecule has 0 aliphatic rings. The smallest absolute Gasteiger partial charge is 0.160 e. The standard InChI is InChI=1S/C53H33N3/c1-2-11-36(12-3-1)49-33-50(46-18-7-6-17-42(46)35-28-30-54-31-29-35)56-53(55-49)40-15-8-14-39(32-40)43-24-20-37-23-27-48-45(25-21-38-22-26-47(43)51(37)52(38)48)44-19-9-13-34-10-4-5-16-41(34)44/h1-33H. The van der Waals surface area contributed by atoms with E-state index in [1.807, 2.05) is 30.6 Å². The molecule has 0 aliphatic carbocycles. The predicted molar refractivity (Wildman–Crippen MR) is 234 cm³/mol. The van der Waals surface area contributed by atoms with Crippen LogP contribution in [0.15, 0.2) is 200 Å². The molecule has 0 fully saturated rings. The van der Waals surface area contributed by atoms with Gasteiger partial charge in [0, 0.05) is 29.1 Å². The van der Waals surface area contributed by atoms with Gasteiger partial charge in [-0.25, -0.2) is 9.97 Å². The second-order valence-electron chi connectivity index (χ2n) is 14.4. The molecule has 0 amide bonds. The minimum absolute atomic E-state index is 0.685. The molecule has 56 heavy (non-hydrogen) atoms. The van der Waals surface area contributed by atoms with Crippen molar-refractivity contribution < 1.29 is 0 Å². The van der Waals surface area contributed by atoms with Gasteiger partial charge in [0.15, 0.2) is 5.82 Å². The number of fused-ring (bicyclic) bond motifs is 1. The van der Waals surface area contributed by atoms with E-state index in [9.17, 15) is 0 Å². The second-order valence-corrected chi connectivity index (χ2v) is 14.4. The van der Waals surface area contributed by atoms with Crippen LogP contribution in [0.1, 0.15) is 0 Å². The molecule has 0 radical (unpaired) electrons. The zero-order valence-electron chi connectivity index (χ0n) is 30.4. The van der Waals surface area contributed by atoms with Crippen molar-refractivity contribution in [3.05, 3.63) is 200 Å². The summed E-state index contributed by atoms with van der Waals surface area (Å²) in [5.74, 6) is 0.685. The Balaban J connectivity index is 1.08. The Morgan fingerprint density at radius 1 is 0.286 bits per heavy atom. The first kappa shape index (κ1) is 32.0. The highest BCUT2D eigenvalue weighted by atomic mass is 14.9. The van der Waals surface area contributed by atoms with E-state index in [4.69, 9.17) is 9.97 Å². The fraction of sp³-hybridized carbons (Fsp3) is 0. The molecule has 0 saturated carbocycles. The summed E-state index contributed by atoms with van der Waals surface area (Å²) in [5, 5.41) is 10.1. The van der Waals surface area contributed by atoms with Gasteiger partial charge in [0.1, 0.15) is 0 Å². The molecule has 0 atom stereocenters. The summed E-state index contributed by atoms with van der Waals surface area (Å²) in [4.78, 5) is 14.7. The summed E-state index contributed by atoms with van der Waals surface area (Å²) < 4.78 is 0. The van der Waals surface area contributed by atoms with Crippen LogP contribution in [0.2, 0.25) is 0 Å². The number of nitrogens with zero attached hydrogens (tertiary/aromatic N) is 3. The van der Waals surface area contributed by atoms with Gasteiger partial charge in [-0.05, 0) is 101 Å². The van der Waals surface area contributed by atoms with E-state index >= 15 is 0 Å². The summed E-state index contributed by atoms with van der Waals surface area (Å²) in [6.45, 7) is 0. The quantitative estimate of drug-likeness (QED) is 0.161. The van der Waals surface area contributed by atoms with Crippen LogP contribution in [0.3, 0.4) is 0 Å². The molecule has 2 aromatic heterocycles. The number of aromatic nitrogens is 3. The first-order chi connectivity index (χ1) is 27.8. The molecule has 2 heterocycles. The van der Waals surface area contributed by atoms with Crippen LogP contribution in [0.4, 0.5) is 0 Å².